The summed E-state index contributed by atoms with van der Waals surface area (Å²) in [5.74, 6) is -0.448. The molecule has 0 spiro atoms. The Morgan fingerprint density at radius 1 is 1.15 bits per heavy atom. The molecule has 2 heterocycles. The Labute approximate surface area is 160 Å². The number of rotatable bonds is 6. The number of furan rings is 1. The van der Waals surface area contributed by atoms with E-state index in [1.807, 2.05) is 0 Å². The second-order valence-electron chi connectivity index (χ2n) is 7.12. The first-order chi connectivity index (χ1) is 13.0. The molecule has 1 aliphatic rings. The number of hydrogen-bond donors (Lipinski definition) is 1. The maximum absolute atomic E-state index is 12.5. The third kappa shape index (κ3) is 4.90. The predicted molar refractivity (Wildman–Crippen MR) is 105 cm³/mol. The zero-order chi connectivity index (χ0) is 19.2. The summed E-state index contributed by atoms with van der Waals surface area (Å²) < 4.78 is 4.90. The molecule has 1 aromatic carbocycles. The van der Waals surface area contributed by atoms with Gasteiger partial charge in [-0.3, -0.25) is 9.59 Å². The molecule has 1 aliphatic heterocycles. The molecule has 1 unspecified atom stereocenters. The fourth-order valence-electron chi connectivity index (χ4n) is 3.38. The summed E-state index contributed by atoms with van der Waals surface area (Å²) in [6.45, 7) is 4.43. The second kappa shape index (κ2) is 8.75. The van der Waals surface area contributed by atoms with E-state index in [-0.39, 0.29) is 11.8 Å². The molecule has 1 N–H and O–H groups in total. The average Bonchev–Trinajstić information content (AvgIpc) is 3.23. The summed E-state index contributed by atoms with van der Waals surface area (Å²) in [6, 6.07) is 9.36. The van der Waals surface area contributed by atoms with Crippen molar-refractivity contribution in [1.29, 1.82) is 0 Å². The number of carbonyl (C=O) groups is 2. The number of nitrogens with one attached hydrogen (secondary N) is 1. The summed E-state index contributed by atoms with van der Waals surface area (Å²) in [5.41, 5.74) is 2.72. The van der Waals surface area contributed by atoms with Crippen LogP contribution in [0, 0.1) is 0 Å². The number of likely N-dealkylation sites (N-methyl/N-ethyl adjacent to an activating group) is 1. The number of piperidine rings is 1. The van der Waals surface area contributed by atoms with Crippen molar-refractivity contribution in [3.05, 3.63) is 54.0 Å². The van der Waals surface area contributed by atoms with Crippen molar-refractivity contribution < 1.29 is 14.0 Å². The van der Waals surface area contributed by atoms with Gasteiger partial charge in [0.1, 0.15) is 12.3 Å². The van der Waals surface area contributed by atoms with Crippen LogP contribution in [-0.2, 0) is 11.3 Å². The van der Waals surface area contributed by atoms with Crippen molar-refractivity contribution in [1.82, 2.24) is 10.2 Å². The molecule has 1 saturated heterocycles. The van der Waals surface area contributed by atoms with E-state index in [0.717, 1.165) is 18.7 Å². The monoisotopic (exact) mass is 369 g/mol. The van der Waals surface area contributed by atoms with E-state index in [2.05, 4.69) is 34.5 Å². The van der Waals surface area contributed by atoms with Gasteiger partial charge in [-0.15, -0.1) is 0 Å². The van der Waals surface area contributed by atoms with Crippen molar-refractivity contribution in [3.63, 3.8) is 0 Å². The molecule has 2 aromatic rings. The van der Waals surface area contributed by atoms with Gasteiger partial charge < -0.3 is 19.5 Å². The minimum Gasteiger partial charge on any atom is -0.472 e. The van der Waals surface area contributed by atoms with Gasteiger partial charge in [-0.05, 0) is 49.9 Å². The fraction of sp³-hybridized carbons (Fsp3) is 0.429. The second-order valence-corrected chi connectivity index (χ2v) is 7.12. The Hall–Kier alpha value is -2.76. The highest BCUT2D eigenvalue weighted by atomic mass is 16.3. The molecule has 3 rings (SSSR count). The van der Waals surface area contributed by atoms with E-state index in [9.17, 15) is 9.59 Å². The standard InChI is InChI=1S/C21H27N3O3/c1-16(22-20(25)18-10-13-27-15-18)21(26)23(2)14-17-6-8-19(9-7-17)24-11-4-3-5-12-24/h6-10,13,15-16H,3-5,11-12,14H2,1-2H3,(H,22,25). The van der Waals surface area contributed by atoms with Crippen LogP contribution in [0.4, 0.5) is 5.69 Å². The van der Waals surface area contributed by atoms with Crippen molar-refractivity contribution in [2.45, 2.75) is 38.8 Å². The van der Waals surface area contributed by atoms with E-state index < -0.39 is 6.04 Å². The normalized spacial score (nSPS) is 15.3. The van der Waals surface area contributed by atoms with E-state index in [0.29, 0.717) is 12.1 Å². The fourth-order valence-corrected chi connectivity index (χ4v) is 3.38. The maximum Gasteiger partial charge on any atom is 0.255 e. The van der Waals surface area contributed by atoms with Gasteiger partial charge in [0.2, 0.25) is 5.91 Å². The lowest BCUT2D eigenvalue weighted by Crippen LogP contribution is -2.45. The van der Waals surface area contributed by atoms with Gasteiger partial charge in [-0.2, -0.15) is 0 Å². The van der Waals surface area contributed by atoms with E-state index in [1.165, 1.54) is 37.5 Å². The van der Waals surface area contributed by atoms with E-state index in [4.69, 9.17) is 4.42 Å². The number of benzene rings is 1. The molecular formula is C21H27N3O3. The highest BCUT2D eigenvalue weighted by Crippen LogP contribution is 2.20. The number of carbonyl (C=O) groups excluding carboxylic acids is 2. The average molecular weight is 369 g/mol. The van der Waals surface area contributed by atoms with Gasteiger partial charge in [0.05, 0.1) is 11.8 Å². The van der Waals surface area contributed by atoms with Crippen LogP contribution in [0.2, 0.25) is 0 Å². The molecule has 0 radical (unpaired) electrons. The first-order valence-corrected chi connectivity index (χ1v) is 9.46. The molecule has 0 aliphatic carbocycles. The van der Waals surface area contributed by atoms with E-state index in [1.54, 1.807) is 24.9 Å². The topological polar surface area (TPSA) is 65.8 Å². The highest BCUT2D eigenvalue weighted by molar-refractivity contribution is 5.97. The van der Waals surface area contributed by atoms with Gasteiger partial charge in [0.15, 0.2) is 0 Å². The molecule has 1 fully saturated rings. The first kappa shape index (κ1) is 19.0. The zero-order valence-electron chi connectivity index (χ0n) is 16.0. The van der Waals surface area contributed by atoms with Gasteiger partial charge in [-0.25, -0.2) is 0 Å². The zero-order valence-corrected chi connectivity index (χ0v) is 16.0. The molecular weight excluding hydrogens is 342 g/mol. The van der Waals surface area contributed by atoms with Crippen LogP contribution < -0.4 is 10.2 Å². The third-order valence-corrected chi connectivity index (χ3v) is 4.95. The lowest BCUT2D eigenvalue weighted by molar-refractivity contribution is -0.132. The van der Waals surface area contributed by atoms with Gasteiger partial charge in [-0.1, -0.05) is 12.1 Å². The molecule has 1 aromatic heterocycles. The smallest absolute Gasteiger partial charge is 0.255 e. The van der Waals surface area contributed by atoms with Gasteiger partial charge >= 0.3 is 0 Å². The number of amides is 2. The number of anilines is 1. The SMILES string of the molecule is CC(NC(=O)c1ccoc1)C(=O)N(C)Cc1ccc(N2CCCCC2)cc1. The van der Waals surface area contributed by atoms with Crippen molar-refractivity contribution in [3.8, 4) is 0 Å². The summed E-state index contributed by atoms with van der Waals surface area (Å²) in [7, 11) is 1.75. The Bertz CT molecular complexity index is 749. The van der Waals surface area contributed by atoms with Gasteiger partial charge in [0.25, 0.3) is 5.91 Å². The Morgan fingerprint density at radius 3 is 2.48 bits per heavy atom. The Morgan fingerprint density at radius 2 is 1.85 bits per heavy atom. The lowest BCUT2D eigenvalue weighted by Gasteiger charge is -2.29. The van der Waals surface area contributed by atoms with Crippen molar-refractivity contribution in [2.24, 2.45) is 0 Å². The minimum atomic E-state index is -0.606. The van der Waals surface area contributed by atoms with Crippen LogP contribution in [0.3, 0.4) is 0 Å². The minimum absolute atomic E-state index is 0.132. The molecule has 6 nitrogen and oxygen atoms in total. The molecule has 27 heavy (non-hydrogen) atoms. The molecule has 0 saturated carbocycles. The van der Waals surface area contributed by atoms with Crippen molar-refractivity contribution in [2.75, 3.05) is 25.0 Å². The molecule has 0 bridgehead atoms. The van der Waals surface area contributed by atoms with Crippen LogP contribution in [0.1, 0.15) is 42.1 Å². The predicted octanol–water partition coefficient (Wildman–Crippen LogP) is 3.05. The molecule has 6 heteroatoms. The quantitative estimate of drug-likeness (QED) is 0.850. The molecule has 144 valence electrons. The van der Waals surface area contributed by atoms with Crippen LogP contribution in [0.15, 0.2) is 47.3 Å². The largest absolute Gasteiger partial charge is 0.472 e. The number of nitrogens with zero attached hydrogens (tertiary/aromatic N) is 2. The van der Waals surface area contributed by atoms with E-state index >= 15 is 0 Å². The van der Waals surface area contributed by atoms with Crippen molar-refractivity contribution >= 4 is 17.5 Å². The number of hydrogen-bond acceptors (Lipinski definition) is 4. The highest BCUT2D eigenvalue weighted by Gasteiger charge is 2.21. The Kier molecular flexibility index (Phi) is 6.16. The van der Waals surface area contributed by atoms with Crippen LogP contribution in [0.5, 0.6) is 0 Å². The summed E-state index contributed by atoms with van der Waals surface area (Å²) >= 11 is 0. The lowest BCUT2D eigenvalue weighted by atomic mass is 10.1. The molecule has 1 atom stereocenters. The molecule has 2 amide bonds. The Balaban J connectivity index is 1.53. The third-order valence-electron chi connectivity index (χ3n) is 4.95. The maximum atomic E-state index is 12.5. The summed E-state index contributed by atoms with van der Waals surface area (Å²) in [6.07, 6.45) is 6.61. The summed E-state index contributed by atoms with van der Waals surface area (Å²) in [4.78, 5) is 28.6. The first-order valence-electron chi connectivity index (χ1n) is 9.46. The van der Waals surface area contributed by atoms with Gasteiger partial charge in [0, 0.05) is 32.4 Å². The van der Waals surface area contributed by atoms with Crippen LogP contribution in [0.25, 0.3) is 0 Å². The summed E-state index contributed by atoms with van der Waals surface area (Å²) in [5, 5.41) is 2.70. The van der Waals surface area contributed by atoms with Crippen LogP contribution >= 0.6 is 0 Å². The van der Waals surface area contributed by atoms with Crippen LogP contribution in [-0.4, -0.2) is 42.9 Å².